The van der Waals surface area contributed by atoms with Gasteiger partial charge in [0.2, 0.25) is 5.88 Å². The molecule has 1 amide bonds. The fourth-order valence-electron chi connectivity index (χ4n) is 2.61. The van der Waals surface area contributed by atoms with Gasteiger partial charge in [0.05, 0.1) is 21.5 Å². The maximum Gasteiger partial charge on any atom is 0.274 e. The molecule has 130 valence electrons. The fraction of sp³-hybridized carbons (Fsp3) is 0.111. The Kier molecular flexibility index (Phi) is 4.44. The van der Waals surface area contributed by atoms with E-state index >= 15 is 0 Å². The van der Waals surface area contributed by atoms with Crippen LogP contribution in [0.1, 0.15) is 5.56 Å². The van der Waals surface area contributed by atoms with E-state index in [2.05, 4.69) is 20.2 Å². The average Bonchev–Trinajstić information content (AvgIpc) is 3.19. The highest BCUT2D eigenvalue weighted by atomic mass is 32.2. The number of thioether (sulfide) groups is 1. The molecule has 0 fully saturated rings. The number of aromatic amines is 1. The fourth-order valence-corrected chi connectivity index (χ4v) is 4.45. The maximum atomic E-state index is 12.0. The van der Waals surface area contributed by atoms with Gasteiger partial charge in [0.25, 0.3) is 5.91 Å². The van der Waals surface area contributed by atoms with Gasteiger partial charge in [-0.25, -0.2) is 4.98 Å². The van der Waals surface area contributed by atoms with E-state index in [9.17, 15) is 9.90 Å². The number of H-pyrrole nitrogens is 1. The Labute approximate surface area is 157 Å². The van der Waals surface area contributed by atoms with Crippen LogP contribution in [0.4, 0.5) is 5.69 Å². The van der Waals surface area contributed by atoms with Crippen molar-refractivity contribution in [3.63, 3.8) is 0 Å². The van der Waals surface area contributed by atoms with E-state index in [4.69, 9.17) is 0 Å². The molecule has 4 rings (SSSR count). The zero-order valence-corrected chi connectivity index (χ0v) is 15.4. The summed E-state index contributed by atoms with van der Waals surface area (Å²) in [6.07, 6.45) is 0. The van der Waals surface area contributed by atoms with Crippen LogP contribution in [0.5, 0.6) is 5.88 Å². The molecule has 0 bridgehead atoms. The molecule has 2 heterocycles. The first kappa shape index (κ1) is 16.7. The molecule has 0 aliphatic rings. The highest BCUT2D eigenvalue weighted by Crippen LogP contribution is 2.36. The Morgan fingerprint density at radius 1 is 1.27 bits per heavy atom. The summed E-state index contributed by atoms with van der Waals surface area (Å²) >= 11 is 2.88. The van der Waals surface area contributed by atoms with Crippen LogP contribution in [0.15, 0.2) is 57.0 Å². The molecule has 8 heteroatoms. The summed E-state index contributed by atoms with van der Waals surface area (Å²) in [7, 11) is 0. The molecule has 0 saturated heterocycles. The maximum absolute atomic E-state index is 12.0. The minimum atomic E-state index is -0.379. The van der Waals surface area contributed by atoms with Crippen LogP contribution in [0.25, 0.3) is 21.1 Å². The predicted octanol–water partition coefficient (Wildman–Crippen LogP) is 5.19. The number of amides is 1. The number of azo groups is 1. The van der Waals surface area contributed by atoms with Crippen molar-refractivity contribution in [2.45, 2.75) is 11.3 Å². The number of carbonyl (C=O) groups is 1. The Morgan fingerprint density at radius 3 is 2.96 bits per heavy atom. The van der Waals surface area contributed by atoms with Crippen LogP contribution in [0, 0.1) is 6.92 Å². The molecule has 0 unspecified atom stereocenters. The van der Waals surface area contributed by atoms with Gasteiger partial charge in [0.15, 0.2) is 10.0 Å². The normalized spacial score (nSPS) is 11.7. The highest BCUT2D eigenvalue weighted by Gasteiger charge is 2.12. The second-order valence-electron chi connectivity index (χ2n) is 5.65. The number of rotatable bonds is 4. The highest BCUT2D eigenvalue weighted by molar-refractivity contribution is 8.01. The van der Waals surface area contributed by atoms with Gasteiger partial charge in [-0.2, -0.15) is 0 Å². The van der Waals surface area contributed by atoms with Gasteiger partial charge in [-0.1, -0.05) is 42.1 Å². The molecular formula is C18H14N4O2S2. The van der Waals surface area contributed by atoms with Crippen molar-refractivity contribution >= 4 is 55.8 Å². The number of aromatic hydroxyl groups is 1. The first-order chi connectivity index (χ1) is 12.6. The van der Waals surface area contributed by atoms with Gasteiger partial charge >= 0.3 is 0 Å². The van der Waals surface area contributed by atoms with E-state index in [0.29, 0.717) is 0 Å². The van der Waals surface area contributed by atoms with Gasteiger partial charge in [0, 0.05) is 5.39 Å². The van der Waals surface area contributed by atoms with Crippen LogP contribution < -0.4 is 0 Å². The molecule has 2 aromatic carbocycles. The minimum absolute atomic E-state index is 0.0929. The lowest BCUT2D eigenvalue weighted by atomic mass is 10.1. The van der Waals surface area contributed by atoms with Crippen molar-refractivity contribution in [2.24, 2.45) is 10.2 Å². The van der Waals surface area contributed by atoms with Crippen LogP contribution in [0.3, 0.4) is 0 Å². The summed E-state index contributed by atoms with van der Waals surface area (Å²) < 4.78 is 1.91. The number of nitrogens with zero attached hydrogens (tertiary/aromatic N) is 3. The van der Waals surface area contributed by atoms with Crippen LogP contribution in [-0.4, -0.2) is 26.7 Å². The monoisotopic (exact) mass is 382 g/mol. The molecule has 0 spiro atoms. The Morgan fingerprint density at radius 2 is 2.12 bits per heavy atom. The number of thiazole rings is 1. The molecule has 0 atom stereocenters. The lowest BCUT2D eigenvalue weighted by Crippen LogP contribution is -1.94. The first-order valence-corrected chi connectivity index (χ1v) is 9.65. The van der Waals surface area contributed by atoms with Gasteiger partial charge in [0.1, 0.15) is 0 Å². The van der Waals surface area contributed by atoms with Crippen molar-refractivity contribution in [2.75, 3.05) is 5.75 Å². The lowest BCUT2D eigenvalue weighted by molar-refractivity contribution is -0.115. The van der Waals surface area contributed by atoms with Crippen molar-refractivity contribution in [3.8, 4) is 5.88 Å². The topological polar surface area (TPSA) is 90.7 Å². The number of aryl methyl sites for hydroxylation is 1. The number of aromatic nitrogens is 2. The quantitative estimate of drug-likeness (QED) is 0.375. The van der Waals surface area contributed by atoms with E-state index in [1.165, 1.54) is 11.8 Å². The van der Waals surface area contributed by atoms with E-state index in [1.54, 1.807) is 11.3 Å². The molecule has 0 saturated carbocycles. The number of hydrogen-bond donors (Lipinski definition) is 2. The standard InChI is InChI=1S/C18H14N4O2S2/c1-10-5-4-6-11-15(10)20-17(24)16(11)22-21-14(23)9-25-18-19-12-7-2-3-8-13(12)26-18/h2-8,20,24H,9H2,1H3. The number of fused-ring (bicyclic) bond motifs is 2. The smallest absolute Gasteiger partial charge is 0.274 e. The zero-order valence-electron chi connectivity index (χ0n) is 13.8. The van der Waals surface area contributed by atoms with Crippen LogP contribution in [0.2, 0.25) is 0 Å². The summed E-state index contributed by atoms with van der Waals surface area (Å²) in [5.41, 5.74) is 2.97. The van der Waals surface area contributed by atoms with Gasteiger partial charge < -0.3 is 10.1 Å². The number of hydrogen-bond acceptors (Lipinski definition) is 6. The lowest BCUT2D eigenvalue weighted by Gasteiger charge is -1.94. The second-order valence-corrected chi connectivity index (χ2v) is 7.90. The SMILES string of the molecule is Cc1cccc2c(N=NC(=O)CSc3nc4ccccc4s3)c(O)[nH]c12. The summed E-state index contributed by atoms with van der Waals surface area (Å²) in [6, 6.07) is 13.5. The van der Waals surface area contributed by atoms with E-state index in [1.807, 2.05) is 49.4 Å². The van der Waals surface area contributed by atoms with Gasteiger partial charge in [-0.15, -0.1) is 21.6 Å². The molecular weight excluding hydrogens is 368 g/mol. The Hall–Kier alpha value is -2.71. The van der Waals surface area contributed by atoms with Crippen molar-refractivity contribution in [1.29, 1.82) is 0 Å². The van der Waals surface area contributed by atoms with Gasteiger partial charge in [-0.3, -0.25) is 4.79 Å². The minimum Gasteiger partial charge on any atom is -0.493 e. The van der Waals surface area contributed by atoms with E-state index < -0.39 is 0 Å². The number of carbonyl (C=O) groups excluding carboxylic acids is 1. The third kappa shape index (κ3) is 3.21. The largest absolute Gasteiger partial charge is 0.493 e. The predicted molar refractivity (Wildman–Crippen MR) is 105 cm³/mol. The summed E-state index contributed by atoms with van der Waals surface area (Å²) in [6.45, 7) is 1.93. The molecule has 0 aliphatic carbocycles. The molecule has 4 aromatic rings. The molecule has 2 N–H and O–H groups in total. The Bertz CT molecular complexity index is 1110. The number of para-hydroxylation sites is 2. The van der Waals surface area contributed by atoms with E-state index in [0.717, 1.165) is 31.0 Å². The summed E-state index contributed by atoms with van der Waals surface area (Å²) in [4.78, 5) is 19.4. The average molecular weight is 382 g/mol. The zero-order chi connectivity index (χ0) is 18.1. The van der Waals surface area contributed by atoms with Crippen molar-refractivity contribution in [3.05, 3.63) is 48.0 Å². The molecule has 26 heavy (non-hydrogen) atoms. The third-order valence-corrected chi connectivity index (χ3v) is 6.01. The van der Waals surface area contributed by atoms with Crippen LogP contribution >= 0.6 is 23.1 Å². The third-order valence-electron chi connectivity index (χ3n) is 3.85. The van der Waals surface area contributed by atoms with Gasteiger partial charge in [-0.05, 0) is 24.6 Å². The number of benzene rings is 2. The van der Waals surface area contributed by atoms with Crippen molar-refractivity contribution < 1.29 is 9.90 Å². The Balaban J connectivity index is 1.48. The van der Waals surface area contributed by atoms with Crippen LogP contribution in [-0.2, 0) is 4.79 Å². The second kappa shape index (κ2) is 6.89. The molecule has 2 aromatic heterocycles. The first-order valence-electron chi connectivity index (χ1n) is 7.85. The molecule has 0 aliphatic heterocycles. The molecule has 6 nitrogen and oxygen atoms in total. The summed E-state index contributed by atoms with van der Waals surface area (Å²) in [5.74, 6) is -0.328. The van der Waals surface area contributed by atoms with Crippen molar-refractivity contribution in [1.82, 2.24) is 9.97 Å². The van der Waals surface area contributed by atoms with E-state index in [-0.39, 0.29) is 23.2 Å². The number of nitrogens with one attached hydrogen (secondary N) is 1. The summed E-state index contributed by atoms with van der Waals surface area (Å²) in [5, 5.41) is 18.5. The molecule has 0 radical (unpaired) electrons.